The zero-order valence-corrected chi connectivity index (χ0v) is 10.2. The third-order valence-corrected chi connectivity index (χ3v) is 3.41. The molecule has 0 aliphatic carbocycles. The van der Waals surface area contributed by atoms with E-state index in [2.05, 4.69) is 15.3 Å². The lowest BCUT2D eigenvalue weighted by atomic mass is 10.2. The number of thiazole rings is 1. The molecule has 0 radical (unpaired) electrons. The van der Waals surface area contributed by atoms with Gasteiger partial charge in [-0.05, 0) is 12.1 Å². The van der Waals surface area contributed by atoms with Crippen molar-refractivity contribution in [2.75, 3.05) is 0 Å². The van der Waals surface area contributed by atoms with Crippen LogP contribution in [0.1, 0.15) is 5.69 Å². The molecule has 3 rings (SSSR count). The zero-order chi connectivity index (χ0) is 12.4. The van der Waals surface area contributed by atoms with E-state index >= 15 is 0 Å². The summed E-state index contributed by atoms with van der Waals surface area (Å²) in [4.78, 5) is 4.49. The molecule has 6 heteroatoms. The summed E-state index contributed by atoms with van der Waals surface area (Å²) in [6.45, 7) is 0.587. The van der Waals surface area contributed by atoms with Crippen LogP contribution in [-0.4, -0.2) is 25.1 Å². The van der Waals surface area contributed by atoms with Crippen LogP contribution < -0.4 is 0 Å². The number of phenols is 1. The lowest BCUT2D eigenvalue weighted by molar-refractivity contribution is 0.477. The lowest BCUT2D eigenvalue weighted by Crippen LogP contribution is -2.00. The molecule has 5 nitrogen and oxygen atoms in total. The van der Waals surface area contributed by atoms with Crippen molar-refractivity contribution < 1.29 is 5.11 Å². The summed E-state index contributed by atoms with van der Waals surface area (Å²) in [6.07, 6.45) is 3.43. The molecule has 0 fully saturated rings. The molecule has 0 saturated heterocycles. The van der Waals surface area contributed by atoms with Crippen LogP contribution in [0.15, 0.2) is 42.0 Å². The van der Waals surface area contributed by atoms with Crippen LogP contribution in [0.3, 0.4) is 0 Å². The van der Waals surface area contributed by atoms with Crippen molar-refractivity contribution in [2.45, 2.75) is 6.54 Å². The Balaban J connectivity index is 1.88. The van der Waals surface area contributed by atoms with Crippen molar-refractivity contribution in [1.29, 1.82) is 0 Å². The Kier molecular flexibility index (Phi) is 2.77. The van der Waals surface area contributed by atoms with Gasteiger partial charge < -0.3 is 5.11 Å². The lowest BCUT2D eigenvalue weighted by Gasteiger charge is -1.99. The molecule has 18 heavy (non-hydrogen) atoms. The summed E-state index contributed by atoms with van der Waals surface area (Å²) in [5.41, 5.74) is 1.66. The van der Waals surface area contributed by atoms with Gasteiger partial charge in [0, 0.05) is 11.6 Å². The maximum Gasteiger partial charge on any atom is 0.127 e. The van der Waals surface area contributed by atoms with Crippen LogP contribution in [-0.2, 0) is 6.54 Å². The van der Waals surface area contributed by atoms with E-state index in [-0.39, 0.29) is 5.75 Å². The molecular weight excluding hydrogens is 248 g/mol. The second-order valence-corrected chi connectivity index (χ2v) is 4.62. The standard InChI is InChI=1S/C12H10N4OS/c17-11-4-2-1-3-10(11)12-14-9(8-18-12)7-16-6-5-13-15-16/h1-6,8,17H,7H2. The van der Waals surface area contributed by atoms with Crippen LogP contribution >= 0.6 is 11.3 Å². The average Bonchev–Trinajstić information content (AvgIpc) is 3.02. The first-order chi connectivity index (χ1) is 8.83. The summed E-state index contributed by atoms with van der Waals surface area (Å²) < 4.78 is 1.71. The topological polar surface area (TPSA) is 63.8 Å². The Labute approximate surface area is 107 Å². The number of aromatic hydroxyl groups is 1. The predicted octanol–water partition coefficient (Wildman–Crippen LogP) is 2.16. The van der Waals surface area contributed by atoms with Gasteiger partial charge in [0.15, 0.2) is 0 Å². The highest BCUT2D eigenvalue weighted by Crippen LogP contribution is 2.31. The van der Waals surface area contributed by atoms with Gasteiger partial charge in [0.25, 0.3) is 0 Å². The molecule has 0 bridgehead atoms. The van der Waals surface area contributed by atoms with Crippen molar-refractivity contribution in [3.63, 3.8) is 0 Å². The van der Waals surface area contributed by atoms with Gasteiger partial charge >= 0.3 is 0 Å². The fraction of sp³-hybridized carbons (Fsp3) is 0.0833. The van der Waals surface area contributed by atoms with Gasteiger partial charge in [0.2, 0.25) is 0 Å². The van der Waals surface area contributed by atoms with Crippen LogP contribution in [0.2, 0.25) is 0 Å². The number of aromatic nitrogens is 4. The Hall–Kier alpha value is -2.21. The number of phenolic OH excluding ortho intramolecular Hbond substituents is 1. The van der Waals surface area contributed by atoms with Crippen molar-refractivity contribution in [1.82, 2.24) is 20.0 Å². The van der Waals surface area contributed by atoms with Crippen LogP contribution in [0, 0.1) is 0 Å². The maximum absolute atomic E-state index is 9.77. The smallest absolute Gasteiger partial charge is 0.127 e. The molecule has 0 atom stereocenters. The van der Waals surface area contributed by atoms with Gasteiger partial charge in [0.05, 0.1) is 24.0 Å². The van der Waals surface area contributed by atoms with Gasteiger partial charge in [-0.2, -0.15) is 0 Å². The minimum Gasteiger partial charge on any atom is -0.507 e. The number of hydrogen-bond donors (Lipinski definition) is 1. The summed E-state index contributed by atoms with van der Waals surface area (Å²) in [7, 11) is 0. The van der Waals surface area contributed by atoms with E-state index in [0.29, 0.717) is 6.54 Å². The number of nitrogens with zero attached hydrogens (tertiary/aromatic N) is 4. The predicted molar refractivity (Wildman–Crippen MR) is 68.3 cm³/mol. The highest BCUT2D eigenvalue weighted by atomic mass is 32.1. The molecule has 0 unspecified atom stereocenters. The SMILES string of the molecule is Oc1ccccc1-c1nc(Cn2ccnn2)cs1. The second-order valence-electron chi connectivity index (χ2n) is 3.76. The molecule has 0 spiro atoms. The molecule has 3 aromatic rings. The molecule has 0 saturated carbocycles. The Morgan fingerprint density at radius 3 is 2.94 bits per heavy atom. The molecule has 90 valence electrons. The fourth-order valence-corrected chi connectivity index (χ4v) is 2.49. The number of benzene rings is 1. The van der Waals surface area contributed by atoms with Gasteiger partial charge in [-0.25, -0.2) is 9.67 Å². The first kappa shape index (κ1) is 10.9. The average molecular weight is 258 g/mol. The van der Waals surface area contributed by atoms with Crippen molar-refractivity contribution >= 4 is 11.3 Å². The fourth-order valence-electron chi connectivity index (χ4n) is 1.64. The molecule has 2 heterocycles. The van der Waals surface area contributed by atoms with E-state index in [4.69, 9.17) is 0 Å². The minimum atomic E-state index is 0.249. The van der Waals surface area contributed by atoms with Crippen molar-refractivity contribution in [3.8, 4) is 16.3 Å². The second kappa shape index (κ2) is 4.58. The molecule has 0 aliphatic rings. The Morgan fingerprint density at radius 1 is 1.28 bits per heavy atom. The zero-order valence-electron chi connectivity index (χ0n) is 9.39. The highest BCUT2D eigenvalue weighted by Gasteiger charge is 2.08. The first-order valence-electron chi connectivity index (χ1n) is 5.40. The van der Waals surface area contributed by atoms with Gasteiger partial charge in [-0.15, -0.1) is 16.4 Å². The molecule has 1 N–H and O–H groups in total. The number of para-hydroxylation sites is 1. The van der Waals surface area contributed by atoms with E-state index in [9.17, 15) is 5.11 Å². The van der Waals surface area contributed by atoms with E-state index < -0.39 is 0 Å². The van der Waals surface area contributed by atoms with E-state index in [1.54, 1.807) is 29.2 Å². The van der Waals surface area contributed by atoms with Crippen LogP contribution in [0.25, 0.3) is 10.6 Å². The monoisotopic (exact) mass is 258 g/mol. The van der Waals surface area contributed by atoms with Crippen molar-refractivity contribution in [2.24, 2.45) is 0 Å². The summed E-state index contributed by atoms with van der Waals surface area (Å²) in [6, 6.07) is 7.19. The van der Waals surface area contributed by atoms with Crippen LogP contribution in [0.4, 0.5) is 0 Å². The minimum absolute atomic E-state index is 0.249. The van der Waals surface area contributed by atoms with Gasteiger partial charge in [-0.1, -0.05) is 17.3 Å². The molecular formula is C12H10N4OS. The summed E-state index contributed by atoms with van der Waals surface area (Å²) >= 11 is 1.51. The van der Waals surface area contributed by atoms with Gasteiger partial charge in [-0.3, -0.25) is 0 Å². The molecule has 0 aliphatic heterocycles. The summed E-state index contributed by atoms with van der Waals surface area (Å²) in [5.74, 6) is 0.249. The Bertz CT molecular complexity index is 648. The largest absolute Gasteiger partial charge is 0.507 e. The third-order valence-electron chi connectivity index (χ3n) is 2.48. The van der Waals surface area contributed by atoms with Gasteiger partial charge in [0.1, 0.15) is 10.8 Å². The van der Waals surface area contributed by atoms with E-state index in [0.717, 1.165) is 16.3 Å². The van der Waals surface area contributed by atoms with Crippen LogP contribution in [0.5, 0.6) is 5.75 Å². The third kappa shape index (κ3) is 2.10. The molecule has 2 aromatic heterocycles. The summed E-state index contributed by atoms with van der Waals surface area (Å²) in [5, 5.41) is 20.2. The van der Waals surface area contributed by atoms with Crippen molar-refractivity contribution in [3.05, 3.63) is 47.7 Å². The normalized spacial score (nSPS) is 10.7. The first-order valence-corrected chi connectivity index (χ1v) is 6.28. The number of hydrogen-bond acceptors (Lipinski definition) is 5. The maximum atomic E-state index is 9.77. The highest BCUT2D eigenvalue weighted by molar-refractivity contribution is 7.13. The molecule has 0 amide bonds. The van der Waals surface area contributed by atoms with E-state index in [1.165, 1.54) is 11.3 Å². The molecule has 1 aromatic carbocycles. The number of rotatable bonds is 3. The Morgan fingerprint density at radius 2 is 2.17 bits per heavy atom. The quantitative estimate of drug-likeness (QED) is 0.782. The van der Waals surface area contributed by atoms with E-state index in [1.807, 2.05) is 17.5 Å².